The molecular formula is C10H16O. The maximum absolute atomic E-state index is 11.0. The van der Waals surface area contributed by atoms with E-state index < -0.39 is 0 Å². The molecule has 0 bridgehead atoms. The molecule has 62 valence electrons. The average Bonchev–Trinajstić information content (AvgIpc) is 1.86. The molecule has 0 atom stereocenters. The summed E-state index contributed by atoms with van der Waals surface area (Å²) < 4.78 is 0. The van der Waals surface area contributed by atoms with Gasteiger partial charge in [-0.1, -0.05) is 17.7 Å². The fraction of sp³-hybridized carbons (Fsp3) is 0.500. The van der Waals surface area contributed by atoms with Gasteiger partial charge in [-0.05, 0) is 33.3 Å². The minimum Gasteiger partial charge on any atom is -0.295 e. The van der Waals surface area contributed by atoms with Crippen LogP contribution < -0.4 is 0 Å². The second-order valence-electron chi connectivity index (χ2n) is 2.80. The summed E-state index contributed by atoms with van der Waals surface area (Å²) in [5, 5.41) is 0. The number of hydrogen-bond acceptors (Lipinski definition) is 1. The zero-order valence-corrected chi connectivity index (χ0v) is 7.55. The summed E-state index contributed by atoms with van der Waals surface area (Å²) in [6.07, 6.45) is 7.17. The van der Waals surface area contributed by atoms with E-state index in [2.05, 4.69) is 0 Å². The molecule has 0 aliphatic rings. The lowest BCUT2D eigenvalue weighted by atomic mass is 10.1. The SMILES string of the molecule is CC=CCCC(=O)C=C(C)C. The van der Waals surface area contributed by atoms with Crippen molar-refractivity contribution in [3.05, 3.63) is 23.8 Å². The van der Waals surface area contributed by atoms with Gasteiger partial charge in [0.05, 0.1) is 0 Å². The van der Waals surface area contributed by atoms with Crippen LogP contribution in [0.4, 0.5) is 0 Å². The molecule has 0 heterocycles. The van der Waals surface area contributed by atoms with Crippen LogP contribution in [0.3, 0.4) is 0 Å². The van der Waals surface area contributed by atoms with E-state index in [1.165, 1.54) is 0 Å². The summed E-state index contributed by atoms with van der Waals surface area (Å²) >= 11 is 0. The highest BCUT2D eigenvalue weighted by atomic mass is 16.1. The van der Waals surface area contributed by atoms with E-state index in [-0.39, 0.29) is 5.78 Å². The molecule has 0 aromatic carbocycles. The van der Waals surface area contributed by atoms with Crippen molar-refractivity contribution in [3.8, 4) is 0 Å². The molecule has 0 aromatic heterocycles. The van der Waals surface area contributed by atoms with Crippen molar-refractivity contribution in [3.63, 3.8) is 0 Å². The Morgan fingerprint density at radius 3 is 2.45 bits per heavy atom. The number of carbonyl (C=O) groups excluding carboxylic acids is 1. The van der Waals surface area contributed by atoms with Crippen LogP contribution in [0.2, 0.25) is 0 Å². The Hall–Kier alpha value is -0.850. The summed E-state index contributed by atoms with van der Waals surface area (Å²) in [6.45, 7) is 5.84. The molecule has 0 aliphatic carbocycles. The highest BCUT2D eigenvalue weighted by Gasteiger charge is 1.93. The first-order valence-electron chi connectivity index (χ1n) is 3.95. The van der Waals surface area contributed by atoms with Gasteiger partial charge in [0.1, 0.15) is 0 Å². The first-order valence-corrected chi connectivity index (χ1v) is 3.95. The third-order valence-corrected chi connectivity index (χ3v) is 1.24. The Morgan fingerprint density at radius 2 is 2.00 bits per heavy atom. The Morgan fingerprint density at radius 1 is 1.36 bits per heavy atom. The summed E-state index contributed by atoms with van der Waals surface area (Å²) in [5.41, 5.74) is 1.08. The van der Waals surface area contributed by atoms with E-state index in [0.29, 0.717) is 6.42 Å². The van der Waals surface area contributed by atoms with Crippen molar-refractivity contribution in [2.24, 2.45) is 0 Å². The first-order chi connectivity index (χ1) is 5.16. The van der Waals surface area contributed by atoms with Crippen LogP contribution in [0.5, 0.6) is 0 Å². The lowest BCUT2D eigenvalue weighted by molar-refractivity contribution is -0.114. The topological polar surface area (TPSA) is 17.1 Å². The maximum atomic E-state index is 11.0. The molecule has 0 rings (SSSR count). The zero-order chi connectivity index (χ0) is 8.69. The predicted octanol–water partition coefficient (Wildman–Crippen LogP) is 2.88. The lowest BCUT2D eigenvalue weighted by Gasteiger charge is -1.90. The van der Waals surface area contributed by atoms with Crippen LogP contribution in [0.15, 0.2) is 23.8 Å². The van der Waals surface area contributed by atoms with Crippen molar-refractivity contribution >= 4 is 5.78 Å². The Labute approximate surface area is 68.8 Å². The monoisotopic (exact) mass is 152 g/mol. The zero-order valence-electron chi connectivity index (χ0n) is 7.55. The van der Waals surface area contributed by atoms with Gasteiger partial charge in [0, 0.05) is 6.42 Å². The Balaban J connectivity index is 3.62. The van der Waals surface area contributed by atoms with Gasteiger partial charge in [-0.25, -0.2) is 0 Å². The van der Waals surface area contributed by atoms with Crippen molar-refractivity contribution in [1.82, 2.24) is 0 Å². The molecule has 0 radical (unpaired) electrons. The van der Waals surface area contributed by atoms with E-state index in [9.17, 15) is 4.79 Å². The molecule has 0 aromatic rings. The van der Waals surface area contributed by atoms with Gasteiger partial charge in [0.25, 0.3) is 0 Å². The van der Waals surface area contributed by atoms with Crippen LogP contribution in [0.25, 0.3) is 0 Å². The lowest BCUT2D eigenvalue weighted by Crippen LogP contribution is -1.91. The van der Waals surface area contributed by atoms with Crippen LogP contribution >= 0.6 is 0 Å². The summed E-state index contributed by atoms with van der Waals surface area (Å²) in [5.74, 6) is 0.225. The van der Waals surface area contributed by atoms with Gasteiger partial charge in [0.2, 0.25) is 0 Å². The van der Waals surface area contributed by atoms with Gasteiger partial charge in [-0.3, -0.25) is 4.79 Å². The molecule has 0 aliphatic heterocycles. The van der Waals surface area contributed by atoms with Crippen molar-refractivity contribution in [1.29, 1.82) is 0 Å². The van der Waals surface area contributed by atoms with E-state index in [1.807, 2.05) is 32.9 Å². The minimum atomic E-state index is 0.225. The molecule has 0 saturated carbocycles. The molecule has 11 heavy (non-hydrogen) atoms. The standard InChI is InChI=1S/C10H16O/c1-4-5-6-7-10(11)8-9(2)3/h4-5,8H,6-7H2,1-3H3. The predicted molar refractivity (Wildman–Crippen MR) is 48.5 cm³/mol. The molecule has 1 nitrogen and oxygen atoms in total. The van der Waals surface area contributed by atoms with Gasteiger partial charge >= 0.3 is 0 Å². The number of ketones is 1. The van der Waals surface area contributed by atoms with E-state index in [0.717, 1.165) is 12.0 Å². The Kier molecular flexibility index (Phi) is 5.44. The Bertz CT molecular complexity index is 171. The van der Waals surface area contributed by atoms with Crippen LogP contribution in [-0.4, -0.2) is 5.78 Å². The normalized spacial score (nSPS) is 10.1. The fourth-order valence-electron chi connectivity index (χ4n) is 0.786. The number of allylic oxidation sites excluding steroid dienone is 4. The van der Waals surface area contributed by atoms with Crippen molar-refractivity contribution in [2.45, 2.75) is 33.6 Å². The van der Waals surface area contributed by atoms with Crippen LogP contribution in [0, 0.1) is 0 Å². The smallest absolute Gasteiger partial charge is 0.155 e. The van der Waals surface area contributed by atoms with Gasteiger partial charge in [-0.15, -0.1) is 0 Å². The minimum absolute atomic E-state index is 0.225. The highest BCUT2D eigenvalue weighted by molar-refractivity contribution is 5.90. The maximum Gasteiger partial charge on any atom is 0.155 e. The summed E-state index contributed by atoms with van der Waals surface area (Å²) in [6, 6.07) is 0. The van der Waals surface area contributed by atoms with E-state index >= 15 is 0 Å². The average molecular weight is 152 g/mol. The van der Waals surface area contributed by atoms with Crippen LogP contribution in [0.1, 0.15) is 33.6 Å². The largest absolute Gasteiger partial charge is 0.295 e. The summed E-state index contributed by atoms with van der Waals surface area (Å²) in [7, 11) is 0. The van der Waals surface area contributed by atoms with Crippen LogP contribution in [-0.2, 0) is 4.79 Å². The molecule has 0 spiro atoms. The number of carbonyl (C=O) groups is 1. The quantitative estimate of drug-likeness (QED) is 0.447. The molecule has 0 fully saturated rings. The summed E-state index contributed by atoms with van der Waals surface area (Å²) in [4.78, 5) is 11.0. The molecular weight excluding hydrogens is 136 g/mol. The van der Waals surface area contributed by atoms with E-state index in [4.69, 9.17) is 0 Å². The molecule has 0 amide bonds. The fourth-order valence-corrected chi connectivity index (χ4v) is 0.786. The third-order valence-electron chi connectivity index (χ3n) is 1.24. The second-order valence-corrected chi connectivity index (χ2v) is 2.80. The van der Waals surface area contributed by atoms with Crippen molar-refractivity contribution in [2.75, 3.05) is 0 Å². The third kappa shape index (κ3) is 7.04. The molecule has 0 N–H and O–H groups in total. The second kappa shape index (κ2) is 5.90. The highest BCUT2D eigenvalue weighted by Crippen LogP contribution is 1.97. The number of hydrogen-bond donors (Lipinski definition) is 0. The van der Waals surface area contributed by atoms with Crippen molar-refractivity contribution < 1.29 is 4.79 Å². The molecule has 0 unspecified atom stereocenters. The van der Waals surface area contributed by atoms with Gasteiger partial charge < -0.3 is 0 Å². The molecule has 1 heteroatoms. The number of rotatable bonds is 4. The molecule has 0 saturated heterocycles. The first kappa shape index (κ1) is 10.2. The van der Waals surface area contributed by atoms with E-state index in [1.54, 1.807) is 6.08 Å². The van der Waals surface area contributed by atoms with Gasteiger partial charge in [0.15, 0.2) is 5.78 Å². The van der Waals surface area contributed by atoms with Gasteiger partial charge in [-0.2, -0.15) is 0 Å².